The molecule has 12 heteroatoms. The van der Waals surface area contributed by atoms with E-state index in [2.05, 4.69) is 37.1 Å². The lowest BCUT2D eigenvalue weighted by atomic mass is 10.1. The van der Waals surface area contributed by atoms with Crippen LogP contribution in [0.25, 0.3) is 0 Å². The zero-order chi connectivity index (χ0) is 29.1. The van der Waals surface area contributed by atoms with Gasteiger partial charge in [0.25, 0.3) is 0 Å². The Labute approximate surface area is 234 Å². The van der Waals surface area contributed by atoms with Crippen molar-refractivity contribution in [2.24, 2.45) is 10.1 Å². The number of nitrogens with one attached hydrogen (secondary N) is 1. The normalized spacial score (nSPS) is 13.9. The van der Waals surface area contributed by atoms with Crippen LogP contribution in [0.1, 0.15) is 77.4 Å². The number of aliphatic imine (C=N–C) groups is 1. The van der Waals surface area contributed by atoms with E-state index in [9.17, 15) is 14.4 Å². The summed E-state index contributed by atoms with van der Waals surface area (Å²) in [5.41, 5.74) is 3.10. The fourth-order valence-corrected chi connectivity index (χ4v) is 4.04. The number of hydrogen-bond donors (Lipinski definition) is 1. The number of fused-ring (bicyclic) bond motifs is 1. The van der Waals surface area contributed by atoms with Gasteiger partial charge >= 0.3 is 11.9 Å². The van der Waals surface area contributed by atoms with Crippen LogP contribution in [0, 0.1) is 0 Å². The molecular weight excluding hydrogens is 514 g/mol. The summed E-state index contributed by atoms with van der Waals surface area (Å²) in [6, 6.07) is 7.88. The van der Waals surface area contributed by atoms with Crippen LogP contribution in [0.2, 0.25) is 0 Å². The van der Waals surface area contributed by atoms with Crippen LogP contribution in [0.3, 0.4) is 0 Å². The number of esters is 2. The molecule has 0 bridgehead atoms. The molecule has 0 radical (unpaired) electrons. The van der Waals surface area contributed by atoms with E-state index in [1.165, 1.54) is 11.9 Å². The van der Waals surface area contributed by atoms with Gasteiger partial charge in [-0.25, -0.2) is 9.98 Å². The summed E-state index contributed by atoms with van der Waals surface area (Å²) < 4.78 is 9.65. The highest BCUT2D eigenvalue weighted by atomic mass is 16.5. The van der Waals surface area contributed by atoms with E-state index < -0.39 is 5.97 Å². The Balaban J connectivity index is 1.67. The Bertz CT molecular complexity index is 1240. The third kappa shape index (κ3) is 8.45. The zero-order valence-corrected chi connectivity index (χ0v) is 24.0. The summed E-state index contributed by atoms with van der Waals surface area (Å²) in [5.74, 6) is 0.0579. The summed E-state index contributed by atoms with van der Waals surface area (Å²) in [7, 11) is 1.29. The molecule has 0 fully saturated rings. The summed E-state index contributed by atoms with van der Waals surface area (Å²) in [4.78, 5) is 48.2. The fraction of sp³-hybridized carbons (Fsp3) is 0.536. The molecule has 216 valence electrons. The van der Waals surface area contributed by atoms with Crippen LogP contribution in [-0.4, -0.2) is 77.5 Å². The Morgan fingerprint density at radius 1 is 1.07 bits per heavy atom. The van der Waals surface area contributed by atoms with Gasteiger partial charge in [-0.3, -0.25) is 14.4 Å². The average molecular weight is 554 g/mol. The lowest BCUT2D eigenvalue weighted by Gasteiger charge is -2.24. The molecule has 1 aromatic carbocycles. The molecule has 3 rings (SSSR count). The molecule has 1 amide bonds. The minimum atomic E-state index is -0.423. The standard InChI is InChI=1S/C28H39N7O5/c1-6-8-16-34(17-15-25(38)40-7-2)22-11-9-21(10-12-22)30-26-20(4)32-35-28(26)31-27(33-35)19(3)18-29-23(36)13-14-24(37)39-5/h9-12,19H,6-8,13-18H2,1-5H3,(H,29,36). The topological polar surface area (TPSA) is 140 Å². The Hall–Kier alpha value is -4.09. The molecule has 40 heavy (non-hydrogen) atoms. The van der Waals surface area contributed by atoms with Crippen LogP contribution in [0.4, 0.5) is 11.4 Å². The zero-order valence-electron chi connectivity index (χ0n) is 24.0. The minimum absolute atomic E-state index is 0.0346. The number of carbonyl (C=O) groups excluding carboxylic acids is 3. The van der Waals surface area contributed by atoms with E-state index in [0.717, 1.165) is 30.8 Å². The van der Waals surface area contributed by atoms with Crippen LogP contribution < -0.4 is 10.2 Å². The SMILES string of the molecule is CCCCN(CCC(=O)OCC)c1ccc(N=C2C(C)=Nn3nc(C(C)CNC(=O)CCC(=O)OC)nc32)cc1. The molecule has 1 unspecified atom stereocenters. The van der Waals surface area contributed by atoms with E-state index in [-0.39, 0.29) is 30.6 Å². The van der Waals surface area contributed by atoms with Crippen molar-refractivity contribution < 1.29 is 23.9 Å². The highest BCUT2D eigenvalue weighted by Gasteiger charge is 2.26. The second-order valence-electron chi connectivity index (χ2n) is 9.52. The smallest absolute Gasteiger partial charge is 0.307 e. The van der Waals surface area contributed by atoms with Gasteiger partial charge in [-0.15, -0.1) is 9.89 Å². The predicted molar refractivity (Wildman–Crippen MR) is 152 cm³/mol. The molecule has 12 nitrogen and oxygen atoms in total. The maximum absolute atomic E-state index is 12.0. The van der Waals surface area contributed by atoms with Gasteiger partial charge in [-0.1, -0.05) is 20.3 Å². The molecule has 0 spiro atoms. The maximum atomic E-state index is 12.0. The first-order valence-electron chi connectivity index (χ1n) is 13.7. The first kappa shape index (κ1) is 30.5. The number of nitrogens with zero attached hydrogens (tertiary/aromatic N) is 6. The number of aromatic nitrogens is 3. The average Bonchev–Trinajstić information content (AvgIpc) is 3.49. The van der Waals surface area contributed by atoms with E-state index in [1.54, 1.807) is 0 Å². The van der Waals surface area contributed by atoms with Crippen LogP contribution in [0.15, 0.2) is 34.4 Å². The lowest BCUT2D eigenvalue weighted by molar-refractivity contribution is -0.143. The number of anilines is 1. The Morgan fingerprint density at radius 3 is 2.50 bits per heavy atom. The van der Waals surface area contributed by atoms with Crippen LogP contribution in [-0.2, 0) is 23.9 Å². The number of benzene rings is 1. The van der Waals surface area contributed by atoms with Gasteiger partial charge in [-0.05, 0) is 44.5 Å². The third-order valence-electron chi connectivity index (χ3n) is 6.36. The van der Waals surface area contributed by atoms with Gasteiger partial charge in [0.1, 0.15) is 5.71 Å². The molecule has 2 heterocycles. The number of rotatable bonds is 15. The van der Waals surface area contributed by atoms with Gasteiger partial charge < -0.3 is 19.7 Å². The molecule has 0 saturated heterocycles. The first-order chi connectivity index (χ1) is 19.2. The van der Waals surface area contributed by atoms with Crippen molar-refractivity contribution in [2.45, 2.75) is 65.7 Å². The minimum Gasteiger partial charge on any atom is -0.469 e. The van der Waals surface area contributed by atoms with Crippen molar-refractivity contribution in [3.05, 3.63) is 35.9 Å². The third-order valence-corrected chi connectivity index (χ3v) is 6.36. The second kappa shape index (κ2) is 14.9. The van der Waals surface area contributed by atoms with Crippen molar-refractivity contribution in [1.82, 2.24) is 20.2 Å². The van der Waals surface area contributed by atoms with E-state index >= 15 is 0 Å². The van der Waals surface area contributed by atoms with Crippen molar-refractivity contribution >= 4 is 40.6 Å². The summed E-state index contributed by atoms with van der Waals surface area (Å²) in [6.45, 7) is 9.87. The van der Waals surface area contributed by atoms with Crippen LogP contribution in [0.5, 0.6) is 0 Å². The molecule has 1 atom stereocenters. The maximum Gasteiger partial charge on any atom is 0.307 e. The largest absolute Gasteiger partial charge is 0.469 e. The van der Waals surface area contributed by atoms with E-state index in [1.807, 2.05) is 45.0 Å². The Kier molecular flexibility index (Phi) is 11.3. The molecule has 0 aliphatic carbocycles. The number of methoxy groups -OCH3 is 1. The van der Waals surface area contributed by atoms with Crippen molar-refractivity contribution in [1.29, 1.82) is 0 Å². The van der Waals surface area contributed by atoms with Gasteiger partial charge in [0.15, 0.2) is 5.82 Å². The molecule has 1 aliphatic heterocycles. The van der Waals surface area contributed by atoms with Gasteiger partial charge in [-0.2, -0.15) is 5.10 Å². The molecule has 1 aliphatic rings. The number of unbranched alkanes of at least 4 members (excludes halogenated alkanes) is 1. The molecule has 1 N–H and O–H groups in total. The molecule has 1 aromatic heterocycles. The Morgan fingerprint density at radius 2 is 1.82 bits per heavy atom. The van der Waals surface area contributed by atoms with Gasteiger partial charge in [0.05, 0.1) is 38.0 Å². The summed E-state index contributed by atoms with van der Waals surface area (Å²) in [6.07, 6.45) is 2.52. The number of hydrogen-bond acceptors (Lipinski definition) is 10. The summed E-state index contributed by atoms with van der Waals surface area (Å²) >= 11 is 0. The number of amides is 1. The fourth-order valence-electron chi connectivity index (χ4n) is 4.04. The van der Waals surface area contributed by atoms with E-state index in [4.69, 9.17) is 9.73 Å². The lowest BCUT2D eigenvalue weighted by Crippen LogP contribution is -2.28. The second-order valence-corrected chi connectivity index (χ2v) is 9.52. The first-order valence-corrected chi connectivity index (χ1v) is 13.7. The van der Waals surface area contributed by atoms with E-state index in [0.29, 0.717) is 49.2 Å². The van der Waals surface area contributed by atoms with Gasteiger partial charge in [0.2, 0.25) is 11.7 Å². The monoisotopic (exact) mass is 553 g/mol. The predicted octanol–water partition coefficient (Wildman–Crippen LogP) is 3.37. The number of ether oxygens (including phenoxy) is 2. The summed E-state index contributed by atoms with van der Waals surface area (Å²) in [5, 5.41) is 11.7. The van der Waals surface area contributed by atoms with Gasteiger partial charge in [0, 0.05) is 37.7 Å². The highest BCUT2D eigenvalue weighted by molar-refractivity contribution is 6.48. The van der Waals surface area contributed by atoms with Crippen LogP contribution >= 0.6 is 0 Å². The molecule has 0 saturated carbocycles. The van der Waals surface area contributed by atoms with Crippen molar-refractivity contribution in [2.75, 3.05) is 38.3 Å². The highest BCUT2D eigenvalue weighted by Crippen LogP contribution is 2.23. The van der Waals surface area contributed by atoms with Crippen molar-refractivity contribution in [3.63, 3.8) is 0 Å². The quantitative estimate of drug-likeness (QED) is 0.331. The molecule has 2 aromatic rings. The molecular formula is C28H39N7O5. The number of carbonyl (C=O) groups is 3. The van der Waals surface area contributed by atoms with Crippen molar-refractivity contribution in [3.8, 4) is 0 Å².